The molecule has 0 bridgehead atoms. The average molecular weight is 731 g/mol. The molecule has 2 heterocycles. The number of hydrogen-bond acceptors (Lipinski definition) is 4. The van der Waals surface area contributed by atoms with Crippen molar-refractivity contribution < 1.29 is 38.4 Å². The summed E-state index contributed by atoms with van der Waals surface area (Å²) in [4.78, 5) is 14.4. The number of nitrogens with zero attached hydrogens (tertiary/aromatic N) is 4. The summed E-state index contributed by atoms with van der Waals surface area (Å²) in [5, 5.41) is -2.86. The van der Waals surface area contributed by atoms with Gasteiger partial charge >= 0.3 is 0 Å². The van der Waals surface area contributed by atoms with Crippen molar-refractivity contribution in [3.8, 4) is 45.2 Å². The lowest BCUT2D eigenvalue weighted by atomic mass is 9.93. The normalized spacial score (nSPS) is 18.4. The molecule has 0 atom stereocenters. The van der Waals surface area contributed by atoms with Gasteiger partial charge in [0.2, 0.25) is 0 Å². The Labute approximate surface area is 359 Å². The molecule has 0 fully saturated rings. The van der Waals surface area contributed by atoms with Gasteiger partial charge < -0.3 is 4.90 Å². The zero-order valence-corrected chi connectivity index (χ0v) is 27.8. The third kappa shape index (κ3) is 5.96. The van der Waals surface area contributed by atoms with Crippen molar-refractivity contribution in [3.05, 3.63) is 206 Å². The number of aromatic nitrogens is 3. The van der Waals surface area contributed by atoms with E-state index in [1.54, 1.807) is 0 Å². The predicted molar refractivity (Wildman–Crippen MR) is 229 cm³/mol. The molecule has 0 saturated heterocycles. The molecule has 0 spiro atoms. The second-order valence-corrected chi connectivity index (χ2v) is 11.5. The Kier molecular flexibility index (Phi) is 3.63. The van der Waals surface area contributed by atoms with Gasteiger partial charge in [-0.25, -0.2) is 15.0 Å². The molecule has 55 heavy (non-hydrogen) atoms. The molecular weight excluding hydrogens is 669 g/mol. The zero-order valence-electron chi connectivity index (χ0n) is 55.8. The fourth-order valence-corrected chi connectivity index (χ4v) is 5.97. The summed E-state index contributed by atoms with van der Waals surface area (Å²) >= 11 is 0. The lowest BCUT2D eigenvalue weighted by Gasteiger charge is -2.27. The average Bonchev–Trinajstić information content (AvgIpc) is 0.921. The van der Waals surface area contributed by atoms with Gasteiger partial charge in [-0.05, 0) is 59.2 Å². The van der Waals surface area contributed by atoms with E-state index in [2.05, 4.69) is 9.97 Å². The maximum absolute atomic E-state index is 9.96. The zero-order chi connectivity index (χ0) is 60.9. The third-order valence-corrected chi connectivity index (χ3v) is 8.30. The van der Waals surface area contributed by atoms with Gasteiger partial charge in [0.25, 0.3) is 0 Å². The van der Waals surface area contributed by atoms with Gasteiger partial charge in [0.1, 0.15) is 0 Å². The van der Waals surface area contributed by atoms with Crippen molar-refractivity contribution >= 4 is 49.5 Å². The second kappa shape index (κ2) is 13.8. The highest BCUT2D eigenvalue weighted by Gasteiger charge is 2.21. The first-order valence-electron chi connectivity index (χ1n) is 30.2. The van der Waals surface area contributed by atoms with Crippen LogP contribution in [0.1, 0.15) is 38.4 Å². The SMILES string of the molecule is [2H]c1cc(-c2nc(-c3cc([2H])c([2H])c(-c4nc5c([2H])c([2H])c([2H])c(N(c6cc([2H])c([2H])c([2H])c6[2H])c6cc([2H])c([2H])c([2H])c6[2H])c5c5c4c([2H])c([2H])c4c([2H])cc([2H])c([2H])c45)c3[2H])nc(-c3cc([2H])c([2H])c([2H])c3[2H])c2[2H])c([2H])c([2H])c1[2H]. The molecule has 0 unspecified atom stereocenters. The number of hydrogen-bond donors (Lipinski definition) is 0. The Bertz CT molecular complexity index is 4480. The first-order valence-corrected chi connectivity index (χ1v) is 16.2. The van der Waals surface area contributed by atoms with Crippen LogP contribution < -0.4 is 4.90 Å². The molecule has 10 aromatic rings. The van der Waals surface area contributed by atoms with E-state index in [0.717, 1.165) is 41.3 Å². The first kappa shape index (κ1) is 14.4. The molecule has 2 aromatic heterocycles. The van der Waals surface area contributed by atoms with Gasteiger partial charge in [-0.2, -0.15) is 0 Å². The highest BCUT2D eigenvalue weighted by molar-refractivity contribution is 6.26. The van der Waals surface area contributed by atoms with Crippen molar-refractivity contribution in [3.63, 3.8) is 0 Å². The fourth-order valence-electron chi connectivity index (χ4n) is 5.97. The van der Waals surface area contributed by atoms with E-state index in [0.29, 0.717) is 0 Å². The maximum Gasteiger partial charge on any atom is 0.160 e. The first-order chi connectivity index (χ1) is 38.8. The van der Waals surface area contributed by atoms with Crippen LogP contribution in [0.5, 0.6) is 0 Å². The van der Waals surface area contributed by atoms with Gasteiger partial charge in [-0.3, -0.25) is 0 Å². The molecule has 8 aromatic carbocycles. The van der Waals surface area contributed by atoms with Gasteiger partial charge in [-0.1, -0.05) is 157 Å². The Balaban J connectivity index is 1.44. The smallest absolute Gasteiger partial charge is 0.160 e. The lowest BCUT2D eigenvalue weighted by Crippen LogP contribution is -2.10. The van der Waals surface area contributed by atoms with Gasteiger partial charge in [0.05, 0.1) is 66.7 Å². The van der Waals surface area contributed by atoms with Crippen LogP contribution >= 0.6 is 0 Å². The van der Waals surface area contributed by atoms with Crippen LogP contribution in [0.4, 0.5) is 17.1 Å². The van der Waals surface area contributed by atoms with Crippen molar-refractivity contribution in [2.75, 3.05) is 4.90 Å². The van der Waals surface area contributed by atoms with Crippen LogP contribution in [0.25, 0.3) is 77.6 Å². The third-order valence-electron chi connectivity index (χ3n) is 8.30. The number of fused-ring (bicyclic) bond motifs is 5. The molecule has 4 heteroatoms. The van der Waals surface area contributed by atoms with Crippen molar-refractivity contribution in [2.45, 2.75) is 0 Å². The molecule has 0 aliphatic carbocycles. The van der Waals surface area contributed by atoms with Crippen molar-refractivity contribution in [1.82, 2.24) is 15.0 Å². The number of anilines is 3. The van der Waals surface area contributed by atoms with E-state index in [9.17, 15) is 13.7 Å². The minimum atomic E-state index is -1.01. The molecule has 0 saturated carbocycles. The Morgan fingerprint density at radius 3 is 1.80 bits per heavy atom. The van der Waals surface area contributed by atoms with Gasteiger partial charge in [0, 0.05) is 49.8 Å². The number of rotatable bonds is 7. The van der Waals surface area contributed by atoms with Crippen LogP contribution in [0, 0.1) is 0 Å². The highest BCUT2D eigenvalue weighted by atomic mass is 15.1. The molecule has 0 radical (unpaired) electrons. The van der Waals surface area contributed by atoms with Gasteiger partial charge in [-0.15, -0.1) is 0 Å². The van der Waals surface area contributed by atoms with Crippen LogP contribution in [-0.2, 0) is 0 Å². The molecule has 0 aliphatic heterocycles. The van der Waals surface area contributed by atoms with E-state index in [1.807, 2.05) is 0 Å². The molecule has 0 aliphatic rings. The lowest BCUT2D eigenvalue weighted by molar-refractivity contribution is 1.18. The Morgan fingerprint density at radius 2 is 1.07 bits per heavy atom. The number of para-hydroxylation sites is 2. The molecular formula is C51H34N4. The summed E-state index contributed by atoms with van der Waals surface area (Å²) < 4.78 is 250. The molecule has 0 amide bonds. The quantitative estimate of drug-likeness (QED) is 0.153. The Hall–Kier alpha value is -7.43. The topological polar surface area (TPSA) is 41.9 Å². The van der Waals surface area contributed by atoms with E-state index < -0.39 is 264 Å². The summed E-state index contributed by atoms with van der Waals surface area (Å²) in [5.74, 6) is -0.661. The van der Waals surface area contributed by atoms with E-state index in [1.165, 1.54) is 0 Å². The Morgan fingerprint density at radius 1 is 0.418 bits per heavy atom. The summed E-state index contributed by atoms with van der Waals surface area (Å²) in [7, 11) is 0. The molecule has 0 N–H and O–H groups in total. The van der Waals surface area contributed by atoms with Crippen LogP contribution in [0.3, 0.4) is 0 Å². The minimum absolute atomic E-state index is 0.420. The van der Waals surface area contributed by atoms with Crippen molar-refractivity contribution in [1.29, 1.82) is 0 Å². The maximum atomic E-state index is 9.96. The number of benzene rings is 8. The van der Waals surface area contributed by atoms with Crippen LogP contribution in [0.2, 0.25) is 0 Å². The number of pyridine rings is 1. The molecule has 258 valence electrons. The van der Waals surface area contributed by atoms with Crippen LogP contribution in [-0.4, -0.2) is 15.0 Å². The summed E-state index contributed by atoms with van der Waals surface area (Å²) in [5.41, 5.74) is -6.72. The summed E-state index contributed by atoms with van der Waals surface area (Å²) in [6.45, 7) is 0. The van der Waals surface area contributed by atoms with E-state index >= 15 is 0 Å². The highest BCUT2D eigenvalue weighted by Crippen LogP contribution is 2.45. The minimum Gasteiger partial charge on any atom is -0.310 e. The monoisotopic (exact) mass is 730 g/mol. The predicted octanol–water partition coefficient (Wildman–Crippen LogP) is 13.5. The van der Waals surface area contributed by atoms with Crippen LogP contribution in [0.15, 0.2) is 206 Å². The van der Waals surface area contributed by atoms with Crippen molar-refractivity contribution in [2.24, 2.45) is 0 Å². The molecule has 10 rings (SSSR count). The van der Waals surface area contributed by atoms with Gasteiger partial charge in [0.15, 0.2) is 5.82 Å². The largest absolute Gasteiger partial charge is 0.310 e. The second-order valence-electron chi connectivity index (χ2n) is 11.5. The van der Waals surface area contributed by atoms with E-state index in [4.69, 9.17) is 29.7 Å². The summed E-state index contributed by atoms with van der Waals surface area (Å²) in [6, 6.07) is -16.5. The summed E-state index contributed by atoms with van der Waals surface area (Å²) in [6.07, 6.45) is 0. The fraction of sp³-hybridized carbons (Fsp3) is 0. The standard InChI is InChI=1S/C51H34N4/c1-5-18-36(19-6-1)45-34-46(37-20-7-2-8-21-37)54-51(53-45)39-23-15-22-38(33-39)50-43-32-31-35-17-13-14-28-42(35)48(43)49-44(52-50)29-16-30-47(49)55(40-24-9-3-10-25-40)41-26-11-4-12-27-41/h1-34H/i1D,2D,3D,4D,5D,6D,7D,8D,9D,10D,11D,12D,14D,15D,16D,17D,18D,20D,22D,24D,26D,28D,29D,30D,31D,32D,33D,34D. The molecule has 4 nitrogen and oxygen atoms in total. The van der Waals surface area contributed by atoms with E-state index in [-0.39, 0.29) is 0 Å².